The van der Waals surface area contributed by atoms with E-state index in [-0.39, 0.29) is 12.1 Å². The molecule has 0 bridgehead atoms. The Balaban J connectivity index is 1.82. The predicted octanol–water partition coefficient (Wildman–Crippen LogP) is 6.82. The van der Waals surface area contributed by atoms with E-state index in [1.54, 1.807) is 0 Å². The first kappa shape index (κ1) is 23.0. The number of aliphatic hydroxyl groups excluding tert-OH is 1. The lowest BCUT2D eigenvalue weighted by Gasteiger charge is -2.38. The molecule has 2 heteroatoms. The van der Waals surface area contributed by atoms with Gasteiger partial charge in [0.2, 0.25) is 0 Å². The van der Waals surface area contributed by atoms with Gasteiger partial charge in [-0.3, -0.25) is 4.90 Å². The summed E-state index contributed by atoms with van der Waals surface area (Å²) in [6.45, 7) is 6.31. The lowest BCUT2D eigenvalue weighted by atomic mass is 9.82. The summed E-state index contributed by atoms with van der Waals surface area (Å²) in [5.41, 5.74) is 2.66. The minimum absolute atomic E-state index is 0.215. The van der Waals surface area contributed by atoms with Crippen LogP contribution in [0.25, 0.3) is 0 Å². The van der Waals surface area contributed by atoms with Gasteiger partial charge < -0.3 is 5.11 Å². The minimum Gasteiger partial charge on any atom is -0.391 e. The molecule has 0 amide bonds. The molecule has 30 heavy (non-hydrogen) atoms. The maximum Gasteiger partial charge on any atom is 0.0695 e. The second-order valence-electron chi connectivity index (χ2n) is 9.72. The van der Waals surface area contributed by atoms with Crippen LogP contribution >= 0.6 is 0 Å². The molecule has 0 saturated heterocycles. The van der Waals surface area contributed by atoms with Gasteiger partial charge in [0.05, 0.1) is 6.10 Å². The Bertz CT molecular complexity index is 652. The van der Waals surface area contributed by atoms with Crippen LogP contribution in [-0.2, 0) is 13.1 Å². The van der Waals surface area contributed by atoms with Crippen LogP contribution in [0.2, 0.25) is 0 Å². The minimum atomic E-state index is -0.262. The van der Waals surface area contributed by atoms with Crippen molar-refractivity contribution >= 4 is 0 Å². The maximum absolute atomic E-state index is 11.4. The first-order valence-electron chi connectivity index (χ1n) is 12.1. The van der Waals surface area contributed by atoms with Gasteiger partial charge in [0.15, 0.2) is 0 Å². The van der Waals surface area contributed by atoms with Gasteiger partial charge in [-0.25, -0.2) is 0 Å². The summed E-state index contributed by atoms with van der Waals surface area (Å²) in [6.07, 6.45) is 9.61. The van der Waals surface area contributed by atoms with Crippen LogP contribution < -0.4 is 0 Å². The second-order valence-corrected chi connectivity index (χ2v) is 9.72. The molecule has 2 aromatic carbocycles. The van der Waals surface area contributed by atoms with Crippen molar-refractivity contribution in [2.24, 2.45) is 11.8 Å². The standard InChI is InChI=1S/C28H41NO/c1-23(2)18-19-28(30)27(20-24-12-6-3-7-13-24)29(21-25-14-8-4-9-15-25)22-26-16-10-5-11-17-26/h4-5,8-11,14-17,23-24,27-28,30H,3,6-7,12-13,18-22H2,1-2H3/t27-,28-/m0/s1. The van der Waals surface area contributed by atoms with Crippen molar-refractivity contribution in [2.75, 3.05) is 0 Å². The Hall–Kier alpha value is -1.64. The zero-order valence-electron chi connectivity index (χ0n) is 19.0. The number of hydrogen-bond acceptors (Lipinski definition) is 2. The molecule has 2 atom stereocenters. The van der Waals surface area contributed by atoms with Crippen LogP contribution in [0.5, 0.6) is 0 Å². The molecule has 1 aliphatic rings. The topological polar surface area (TPSA) is 23.5 Å². The predicted molar refractivity (Wildman–Crippen MR) is 127 cm³/mol. The molecular weight excluding hydrogens is 366 g/mol. The van der Waals surface area contributed by atoms with E-state index in [4.69, 9.17) is 0 Å². The molecule has 1 fully saturated rings. The smallest absolute Gasteiger partial charge is 0.0695 e. The Labute approximate surface area is 184 Å². The van der Waals surface area contributed by atoms with Crippen molar-refractivity contribution < 1.29 is 5.11 Å². The van der Waals surface area contributed by atoms with Crippen LogP contribution in [0.3, 0.4) is 0 Å². The Morgan fingerprint density at radius 2 is 1.33 bits per heavy atom. The summed E-state index contributed by atoms with van der Waals surface area (Å²) in [4.78, 5) is 2.56. The second kappa shape index (κ2) is 12.3. The molecule has 1 N–H and O–H groups in total. The normalized spacial score (nSPS) is 17.4. The number of rotatable bonds is 11. The van der Waals surface area contributed by atoms with Crippen LogP contribution in [0.15, 0.2) is 60.7 Å². The van der Waals surface area contributed by atoms with Crippen LogP contribution in [-0.4, -0.2) is 22.2 Å². The summed E-state index contributed by atoms with van der Waals surface area (Å²) in [7, 11) is 0. The van der Waals surface area contributed by atoms with Gasteiger partial charge in [-0.2, -0.15) is 0 Å². The molecule has 3 rings (SSSR count). The highest BCUT2D eigenvalue weighted by Gasteiger charge is 2.30. The lowest BCUT2D eigenvalue weighted by molar-refractivity contribution is 0.0149. The van der Waals surface area contributed by atoms with Crippen LogP contribution in [0.4, 0.5) is 0 Å². The van der Waals surface area contributed by atoms with Gasteiger partial charge in [0, 0.05) is 19.1 Å². The molecule has 2 nitrogen and oxygen atoms in total. The van der Waals surface area contributed by atoms with E-state index in [1.807, 2.05) is 0 Å². The fraction of sp³-hybridized carbons (Fsp3) is 0.571. The van der Waals surface area contributed by atoms with Gasteiger partial charge in [0.25, 0.3) is 0 Å². The summed E-state index contributed by atoms with van der Waals surface area (Å²) in [5.74, 6) is 1.39. The first-order chi connectivity index (χ1) is 14.6. The number of benzene rings is 2. The van der Waals surface area contributed by atoms with Crippen molar-refractivity contribution in [1.29, 1.82) is 0 Å². The highest BCUT2D eigenvalue weighted by atomic mass is 16.3. The zero-order valence-corrected chi connectivity index (χ0v) is 19.0. The highest BCUT2D eigenvalue weighted by Crippen LogP contribution is 2.32. The molecule has 0 radical (unpaired) electrons. The summed E-state index contributed by atoms with van der Waals surface area (Å²) in [5, 5.41) is 11.4. The molecule has 0 unspecified atom stereocenters. The maximum atomic E-state index is 11.4. The Morgan fingerprint density at radius 3 is 1.83 bits per heavy atom. The van der Waals surface area contributed by atoms with E-state index in [9.17, 15) is 5.11 Å². The third kappa shape index (κ3) is 7.56. The summed E-state index contributed by atoms with van der Waals surface area (Å²) < 4.78 is 0. The van der Waals surface area contributed by atoms with E-state index in [1.165, 1.54) is 43.2 Å². The lowest BCUT2D eigenvalue weighted by Crippen LogP contribution is -2.44. The monoisotopic (exact) mass is 407 g/mol. The van der Waals surface area contributed by atoms with Crippen molar-refractivity contribution in [3.63, 3.8) is 0 Å². The van der Waals surface area contributed by atoms with Crippen molar-refractivity contribution in [3.8, 4) is 0 Å². The molecule has 1 aliphatic carbocycles. The average Bonchev–Trinajstić information content (AvgIpc) is 2.77. The first-order valence-corrected chi connectivity index (χ1v) is 12.1. The van der Waals surface area contributed by atoms with Crippen LogP contribution in [0.1, 0.15) is 76.3 Å². The number of nitrogens with zero attached hydrogens (tertiary/aromatic N) is 1. The van der Waals surface area contributed by atoms with Gasteiger partial charge in [0.1, 0.15) is 0 Å². The molecular formula is C28H41NO. The quantitative estimate of drug-likeness (QED) is 0.441. The van der Waals surface area contributed by atoms with E-state index < -0.39 is 0 Å². The Morgan fingerprint density at radius 1 is 0.800 bits per heavy atom. The van der Waals surface area contributed by atoms with E-state index in [0.29, 0.717) is 5.92 Å². The SMILES string of the molecule is CC(C)CC[C@H](O)[C@H](CC1CCCCC1)N(Cc1ccccc1)Cc1ccccc1. The van der Waals surface area contributed by atoms with Gasteiger partial charge >= 0.3 is 0 Å². The number of aliphatic hydroxyl groups is 1. The van der Waals surface area contributed by atoms with Crippen molar-refractivity contribution in [1.82, 2.24) is 4.90 Å². The fourth-order valence-corrected chi connectivity index (χ4v) is 4.94. The molecule has 164 valence electrons. The summed E-state index contributed by atoms with van der Waals surface area (Å²) >= 11 is 0. The molecule has 2 aromatic rings. The van der Waals surface area contributed by atoms with Crippen molar-refractivity contribution in [3.05, 3.63) is 71.8 Å². The third-order valence-electron chi connectivity index (χ3n) is 6.71. The third-order valence-corrected chi connectivity index (χ3v) is 6.71. The van der Waals surface area contributed by atoms with Gasteiger partial charge in [-0.15, -0.1) is 0 Å². The van der Waals surface area contributed by atoms with E-state index in [0.717, 1.165) is 38.3 Å². The molecule has 0 aliphatic heterocycles. The fourth-order valence-electron chi connectivity index (χ4n) is 4.94. The Kier molecular flexibility index (Phi) is 9.42. The molecule has 0 spiro atoms. The van der Waals surface area contributed by atoms with E-state index >= 15 is 0 Å². The zero-order chi connectivity index (χ0) is 21.2. The average molecular weight is 408 g/mol. The highest BCUT2D eigenvalue weighted by molar-refractivity contribution is 5.17. The van der Waals surface area contributed by atoms with E-state index in [2.05, 4.69) is 79.4 Å². The molecule has 1 saturated carbocycles. The summed E-state index contributed by atoms with van der Waals surface area (Å²) in [6, 6.07) is 21.8. The van der Waals surface area contributed by atoms with Crippen LogP contribution in [0, 0.1) is 11.8 Å². The molecule has 0 heterocycles. The van der Waals surface area contributed by atoms with Gasteiger partial charge in [-0.05, 0) is 42.2 Å². The number of hydrogen-bond donors (Lipinski definition) is 1. The molecule has 0 aromatic heterocycles. The largest absolute Gasteiger partial charge is 0.391 e. The van der Waals surface area contributed by atoms with Crippen molar-refractivity contribution in [2.45, 2.75) is 90.4 Å². The van der Waals surface area contributed by atoms with Gasteiger partial charge in [-0.1, -0.05) is 107 Å².